The van der Waals surface area contributed by atoms with Crippen LogP contribution < -0.4 is 10.1 Å². The lowest BCUT2D eigenvalue weighted by molar-refractivity contribution is -0.116. The van der Waals surface area contributed by atoms with E-state index in [1.807, 2.05) is 13.8 Å². The van der Waals surface area contributed by atoms with Crippen molar-refractivity contribution in [2.24, 2.45) is 0 Å². The lowest BCUT2D eigenvalue weighted by Crippen LogP contribution is -2.13. The summed E-state index contributed by atoms with van der Waals surface area (Å²) in [5, 5.41) is 3.35. The topological polar surface area (TPSA) is 55.4 Å². The highest BCUT2D eigenvalue weighted by Gasteiger charge is 2.10. The maximum Gasteiger partial charge on any atom is 0.224 e. The van der Waals surface area contributed by atoms with Gasteiger partial charge < -0.3 is 10.1 Å². The van der Waals surface area contributed by atoms with Gasteiger partial charge >= 0.3 is 0 Å². The van der Waals surface area contributed by atoms with Gasteiger partial charge in [0.05, 0.1) is 6.10 Å². The molecule has 2 aromatic carbocycles. The largest absolute Gasteiger partial charge is 0.491 e. The van der Waals surface area contributed by atoms with Gasteiger partial charge in [0.25, 0.3) is 0 Å². The molecular formula is C19H20ClNO3. The van der Waals surface area contributed by atoms with Gasteiger partial charge in [-0.3, -0.25) is 9.59 Å². The lowest BCUT2D eigenvalue weighted by Gasteiger charge is -2.10. The highest BCUT2D eigenvalue weighted by molar-refractivity contribution is 6.30. The van der Waals surface area contributed by atoms with Crippen molar-refractivity contribution in [1.82, 2.24) is 0 Å². The number of ketones is 1. The fraction of sp³-hybridized carbons (Fsp3) is 0.263. The smallest absolute Gasteiger partial charge is 0.224 e. The minimum absolute atomic E-state index is 0.0810. The van der Waals surface area contributed by atoms with Crippen molar-refractivity contribution in [3.8, 4) is 5.75 Å². The van der Waals surface area contributed by atoms with Crippen LogP contribution >= 0.6 is 11.6 Å². The first-order valence-corrected chi connectivity index (χ1v) is 8.17. The van der Waals surface area contributed by atoms with Crippen LogP contribution in [0.5, 0.6) is 5.75 Å². The van der Waals surface area contributed by atoms with E-state index in [1.54, 1.807) is 48.5 Å². The second-order valence-corrected chi connectivity index (χ2v) is 6.11. The highest BCUT2D eigenvalue weighted by atomic mass is 35.5. The molecule has 5 heteroatoms. The zero-order chi connectivity index (χ0) is 17.5. The molecule has 0 unspecified atom stereocenters. The van der Waals surface area contributed by atoms with E-state index in [2.05, 4.69) is 5.32 Å². The van der Waals surface area contributed by atoms with Crippen LogP contribution in [0.25, 0.3) is 0 Å². The zero-order valence-corrected chi connectivity index (χ0v) is 14.5. The van der Waals surface area contributed by atoms with Gasteiger partial charge in [0.2, 0.25) is 5.91 Å². The molecule has 0 aliphatic heterocycles. The molecule has 0 aliphatic carbocycles. The number of anilines is 1. The molecule has 2 rings (SSSR count). The minimum Gasteiger partial charge on any atom is -0.491 e. The molecule has 1 N–H and O–H groups in total. The number of hydrogen-bond donors (Lipinski definition) is 1. The van der Waals surface area contributed by atoms with E-state index in [0.29, 0.717) is 16.3 Å². The summed E-state index contributed by atoms with van der Waals surface area (Å²) in [7, 11) is 0. The number of nitrogens with one attached hydrogen (secondary N) is 1. The number of ether oxygens (including phenoxy) is 1. The summed E-state index contributed by atoms with van der Waals surface area (Å²) < 4.78 is 5.54. The normalized spacial score (nSPS) is 10.5. The molecule has 0 atom stereocenters. The Hall–Kier alpha value is -2.33. The number of carbonyl (C=O) groups is 2. The van der Waals surface area contributed by atoms with Crippen LogP contribution in [-0.4, -0.2) is 17.8 Å². The van der Waals surface area contributed by atoms with Gasteiger partial charge in [0, 0.05) is 29.1 Å². The maximum absolute atomic E-state index is 12.0. The Morgan fingerprint density at radius 2 is 1.62 bits per heavy atom. The van der Waals surface area contributed by atoms with Crippen LogP contribution in [0.1, 0.15) is 37.0 Å². The highest BCUT2D eigenvalue weighted by Crippen LogP contribution is 2.17. The van der Waals surface area contributed by atoms with Crippen LogP contribution in [0.2, 0.25) is 5.02 Å². The number of hydrogen-bond acceptors (Lipinski definition) is 3. The third kappa shape index (κ3) is 5.70. The predicted octanol–water partition coefficient (Wildman–Crippen LogP) is 4.73. The van der Waals surface area contributed by atoms with E-state index in [0.717, 1.165) is 5.75 Å². The molecule has 0 saturated carbocycles. The molecule has 0 aromatic heterocycles. The van der Waals surface area contributed by atoms with E-state index in [1.165, 1.54) is 0 Å². The second kappa shape index (κ2) is 8.50. The van der Waals surface area contributed by atoms with Gasteiger partial charge in [-0.1, -0.05) is 11.6 Å². The summed E-state index contributed by atoms with van der Waals surface area (Å²) in [5.74, 6) is 0.471. The van der Waals surface area contributed by atoms with Crippen LogP contribution in [0, 0.1) is 0 Å². The molecule has 0 heterocycles. The molecule has 0 spiro atoms. The molecule has 0 radical (unpaired) electrons. The molecule has 4 nitrogen and oxygen atoms in total. The van der Waals surface area contributed by atoms with Crippen molar-refractivity contribution in [1.29, 1.82) is 0 Å². The molecule has 126 valence electrons. The van der Waals surface area contributed by atoms with Crippen molar-refractivity contribution < 1.29 is 14.3 Å². The number of rotatable bonds is 7. The summed E-state index contributed by atoms with van der Waals surface area (Å²) in [5.41, 5.74) is 1.23. The van der Waals surface area contributed by atoms with E-state index >= 15 is 0 Å². The van der Waals surface area contributed by atoms with Crippen molar-refractivity contribution in [2.45, 2.75) is 32.8 Å². The van der Waals surface area contributed by atoms with Crippen molar-refractivity contribution >= 4 is 29.0 Å². The Bertz CT molecular complexity index is 694. The fourth-order valence-electron chi connectivity index (χ4n) is 2.12. The molecule has 0 aliphatic rings. The Balaban J connectivity index is 1.82. The van der Waals surface area contributed by atoms with Crippen molar-refractivity contribution in [3.05, 3.63) is 59.1 Å². The van der Waals surface area contributed by atoms with Crippen LogP contribution in [-0.2, 0) is 4.79 Å². The lowest BCUT2D eigenvalue weighted by atomic mass is 10.1. The average Bonchev–Trinajstić information content (AvgIpc) is 2.54. The van der Waals surface area contributed by atoms with Gasteiger partial charge in [-0.05, 0) is 62.4 Å². The number of amides is 1. The Morgan fingerprint density at radius 3 is 2.21 bits per heavy atom. The number of carbonyl (C=O) groups excluding carboxylic acids is 2. The first-order chi connectivity index (χ1) is 11.4. The van der Waals surface area contributed by atoms with Crippen molar-refractivity contribution in [2.75, 3.05) is 5.32 Å². The van der Waals surface area contributed by atoms with Gasteiger partial charge in [0.1, 0.15) is 5.75 Å². The van der Waals surface area contributed by atoms with Gasteiger partial charge in [-0.25, -0.2) is 0 Å². The molecule has 2 aromatic rings. The molecular weight excluding hydrogens is 326 g/mol. The first-order valence-electron chi connectivity index (χ1n) is 7.79. The Labute approximate surface area is 146 Å². The molecule has 0 saturated heterocycles. The Kier molecular flexibility index (Phi) is 6.38. The molecule has 24 heavy (non-hydrogen) atoms. The SMILES string of the molecule is CC(C)Oc1ccc(NC(=O)CCC(=O)c2ccc(Cl)cc2)cc1. The summed E-state index contributed by atoms with van der Waals surface area (Å²) in [6.45, 7) is 3.90. The second-order valence-electron chi connectivity index (χ2n) is 5.67. The van der Waals surface area contributed by atoms with E-state index < -0.39 is 0 Å². The van der Waals surface area contributed by atoms with Crippen LogP contribution in [0.4, 0.5) is 5.69 Å². The van der Waals surface area contributed by atoms with Gasteiger partial charge in [-0.2, -0.15) is 0 Å². The fourth-order valence-corrected chi connectivity index (χ4v) is 2.25. The summed E-state index contributed by atoms with van der Waals surface area (Å²) in [6.07, 6.45) is 0.387. The number of halogens is 1. The third-order valence-corrected chi connectivity index (χ3v) is 3.51. The maximum atomic E-state index is 12.0. The van der Waals surface area contributed by atoms with E-state index in [4.69, 9.17) is 16.3 Å². The van der Waals surface area contributed by atoms with E-state index in [-0.39, 0.29) is 30.6 Å². The monoisotopic (exact) mass is 345 g/mol. The predicted molar refractivity (Wildman–Crippen MR) is 95.9 cm³/mol. The molecule has 0 fully saturated rings. The van der Waals surface area contributed by atoms with Crippen molar-refractivity contribution in [3.63, 3.8) is 0 Å². The van der Waals surface area contributed by atoms with E-state index in [9.17, 15) is 9.59 Å². The van der Waals surface area contributed by atoms with Gasteiger partial charge in [0.15, 0.2) is 5.78 Å². The summed E-state index contributed by atoms with van der Waals surface area (Å²) in [4.78, 5) is 24.0. The first kappa shape index (κ1) is 18.0. The average molecular weight is 346 g/mol. The summed E-state index contributed by atoms with van der Waals surface area (Å²) >= 11 is 5.79. The Morgan fingerprint density at radius 1 is 1.00 bits per heavy atom. The minimum atomic E-state index is -0.199. The molecule has 1 amide bonds. The third-order valence-electron chi connectivity index (χ3n) is 3.26. The zero-order valence-electron chi connectivity index (χ0n) is 13.7. The standard InChI is InChI=1S/C19H20ClNO3/c1-13(2)24-17-9-7-16(8-10-17)21-19(23)12-11-18(22)14-3-5-15(20)6-4-14/h3-10,13H,11-12H2,1-2H3,(H,21,23). The number of benzene rings is 2. The molecule has 0 bridgehead atoms. The van der Waals surface area contributed by atoms with Crippen LogP contribution in [0.15, 0.2) is 48.5 Å². The summed E-state index contributed by atoms with van der Waals surface area (Å²) in [6, 6.07) is 13.8. The quantitative estimate of drug-likeness (QED) is 0.738. The van der Waals surface area contributed by atoms with Gasteiger partial charge in [-0.15, -0.1) is 0 Å². The number of Topliss-reactive ketones (excluding diaryl/α,β-unsaturated/α-hetero) is 1. The van der Waals surface area contributed by atoms with Crippen LogP contribution in [0.3, 0.4) is 0 Å².